The molecule has 2 atom stereocenters. The molecule has 1 N–H and O–H groups in total. The molecular formula is C20H16F3N3O. The molecule has 7 heteroatoms. The average Bonchev–Trinajstić information content (AvgIpc) is 3.27. The van der Waals surface area contributed by atoms with Crippen LogP contribution in [0.15, 0.2) is 67.3 Å². The topological polar surface area (TPSA) is 46.9 Å². The Balaban J connectivity index is 1.44. The van der Waals surface area contributed by atoms with Crippen molar-refractivity contribution >= 4 is 11.6 Å². The zero-order valence-corrected chi connectivity index (χ0v) is 14.1. The lowest BCUT2D eigenvalue weighted by Gasteiger charge is -2.12. The quantitative estimate of drug-likeness (QED) is 0.727. The Hall–Kier alpha value is -3.09. The molecule has 4 rings (SSSR count). The van der Waals surface area contributed by atoms with Gasteiger partial charge < -0.3 is 9.88 Å². The highest BCUT2D eigenvalue weighted by Crippen LogP contribution is 2.51. The van der Waals surface area contributed by atoms with E-state index in [1.54, 1.807) is 36.9 Å². The predicted octanol–water partition coefficient (Wildman–Crippen LogP) is 4.63. The number of alkyl halides is 3. The number of halogens is 3. The highest BCUT2D eigenvalue weighted by molar-refractivity contribution is 5.95. The van der Waals surface area contributed by atoms with E-state index in [9.17, 15) is 18.0 Å². The fourth-order valence-electron chi connectivity index (χ4n) is 3.27. The van der Waals surface area contributed by atoms with Crippen LogP contribution in [0, 0.1) is 5.92 Å². The Morgan fingerprint density at radius 2 is 1.85 bits per heavy atom. The molecule has 1 fully saturated rings. The molecule has 1 aromatic heterocycles. The van der Waals surface area contributed by atoms with Crippen molar-refractivity contribution in [3.8, 4) is 5.69 Å². The minimum atomic E-state index is -4.41. The Kier molecular flexibility index (Phi) is 4.22. The number of carbonyl (C=O) groups is 1. The molecule has 0 saturated heterocycles. The number of hydrogen-bond donors (Lipinski definition) is 1. The maximum atomic E-state index is 13.2. The maximum absolute atomic E-state index is 13.2. The molecular weight excluding hydrogens is 355 g/mol. The van der Waals surface area contributed by atoms with Crippen LogP contribution in [0.3, 0.4) is 0 Å². The van der Waals surface area contributed by atoms with Gasteiger partial charge in [-0.3, -0.25) is 4.79 Å². The molecule has 1 amide bonds. The van der Waals surface area contributed by atoms with Gasteiger partial charge in [0.05, 0.1) is 11.9 Å². The number of anilines is 1. The van der Waals surface area contributed by atoms with Crippen molar-refractivity contribution < 1.29 is 18.0 Å². The highest BCUT2D eigenvalue weighted by Gasteiger charge is 2.47. The average molecular weight is 371 g/mol. The van der Waals surface area contributed by atoms with E-state index in [0.29, 0.717) is 12.1 Å². The zero-order valence-electron chi connectivity index (χ0n) is 14.1. The van der Waals surface area contributed by atoms with Crippen LogP contribution in [-0.2, 0) is 11.0 Å². The smallest absolute Gasteiger partial charge is 0.326 e. The summed E-state index contributed by atoms with van der Waals surface area (Å²) in [6, 6.07) is 12.7. The van der Waals surface area contributed by atoms with Crippen molar-refractivity contribution in [2.75, 3.05) is 5.32 Å². The summed E-state index contributed by atoms with van der Waals surface area (Å²) < 4.78 is 41.3. The second kappa shape index (κ2) is 6.57. The summed E-state index contributed by atoms with van der Waals surface area (Å²) in [4.78, 5) is 16.4. The number of hydrogen-bond acceptors (Lipinski definition) is 2. The van der Waals surface area contributed by atoms with Crippen LogP contribution >= 0.6 is 0 Å². The molecule has 1 saturated carbocycles. The zero-order chi connectivity index (χ0) is 19.0. The highest BCUT2D eigenvalue weighted by atomic mass is 19.4. The molecule has 1 aliphatic carbocycles. The van der Waals surface area contributed by atoms with Crippen molar-refractivity contribution in [1.82, 2.24) is 9.55 Å². The Bertz CT molecular complexity index is 949. The molecule has 2 aromatic carbocycles. The molecule has 0 aliphatic heterocycles. The fourth-order valence-corrected chi connectivity index (χ4v) is 3.27. The molecule has 0 bridgehead atoms. The van der Waals surface area contributed by atoms with Gasteiger partial charge in [-0.1, -0.05) is 18.2 Å². The molecule has 3 aromatic rings. The van der Waals surface area contributed by atoms with E-state index in [-0.39, 0.29) is 11.5 Å². The fraction of sp³-hybridized carbons (Fsp3) is 0.200. The first-order valence-corrected chi connectivity index (χ1v) is 8.49. The van der Waals surface area contributed by atoms with Crippen molar-refractivity contribution in [1.29, 1.82) is 0 Å². The molecule has 4 nitrogen and oxygen atoms in total. The number of nitrogens with zero attached hydrogens (tertiary/aromatic N) is 2. The molecule has 2 unspecified atom stereocenters. The van der Waals surface area contributed by atoms with Gasteiger partial charge in [0.2, 0.25) is 5.91 Å². The van der Waals surface area contributed by atoms with E-state index in [0.717, 1.165) is 11.8 Å². The van der Waals surface area contributed by atoms with Crippen LogP contribution in [0.1, 0.15) is 23.5 Å². The van der Waals surface area contributed by atoms with Gasteiger partial charge in [-0.05, 0) is 48.2 Å². The molecule has 0 radical (unpaired) electrons. The second-order valence-electron chi connectivity index (χ2n) is 6.54. The summed E-state index contributed by atoms with van der Waals surface area (Å²) in [7, 11) is 0. The largest absolute Gasteiger partial charge is 0.416 e. The number of amides is 1. The lowest BCUT2D eigenvalue weighted by Crippen LogP contribution is -2.15. The van der Waals surface area contributed by atoms with Crippen LogP contribution < -0.4 is 5.32 Å². The maximum Gasteiger partial charge on any atom is 0.416 e. The van der Waals surface area contributed by atoms with Gasteiger partial charge in [0.15, 0.2) is 0 Å². The van der Waals surface area contributed by atoms with Gasteiger partial charge in [0, 0.05) is 29.7 Å². The third-order valence-electron chi connectivity index (χ3n) is 4.73. The number of imidazole rings is 1. The summed E-state index contributed by atoms with van der Waals surface area (Å²) in [5.41, 5.74) is 1.04. The van der Waals surface area contributed by atoms with E-state index >= 15 is 0 Å². The number of rotatable bonds is 4. The normalized spacial score (nSPS) is 18.9. The summed E-state index contributed by atoms with van der Waals surface area (Å²) >= 11 is 0. The van der Waals surface area contributed by atoms with Crippen molar-refractivity contribution in [3.05, 3.63) is 78.4 Å². The first-order valence-electron chi connectivity index (χ1n) is 8.49. The van der Waals surface area contributed by atoms with Gasteiger partial charge >= 0.3 is 6.18 Å². The van der Waals surface area contributed by atoms with Gasteiger partial charge in [0.25, 0.3) is 0 Å². The van der Waals surface area contributed by atoms with Gasteiger partial charge in [0.1, 0.15) is 0 Å². The minimum Gasteiger partial charge on any atom is -0.326 e. The van der Waals surface area contributed by atoms with Crippen molar-refractivity contribution in [2.45, 2.75) is 18.5 Å². The molecule has 138 valence electrons. The standard InChI is InChI=1S/C20H16F3N3O/c21-20(22,23)18-4-2-1-3-15(18)16-11-17(16)19(27)25-13-5-7-14(8-6-13)26-10-9-24-12-26/h1-10,12,16-17H,11H2,(H,25,27). The second-order valence-corrected chi connectivity index (χ2v) is 6.54. The third kappa shape index (κ3) is 3.58. The first kappa shape index (κ1) is 17.3. The van der Waals surface area contributed by atoms with E-state index in [2.05, 4.69) is 10.3 Å². The van der Waals surface area contributed by atoms with Gasteiger partial charge in [-0.15, -0.1) is 0 Å². The lowest BCUT2D eigenvalue weighted by molar-refractivity contribution is -0.138. The van der Waals surface area contributed by atoms with Crippen LogP contribution in [0.25, 0.3) is 5.69 Å². The van der Waals surface area contributed by atoms with E-state index < -0.39 is 23.6 Å². The van der Waals surface area contributed by atoms with Crippen LogP contribution in [0.4, 0.5) is 18.9 Å². The SMILES string of the molecule is O=C(Nc1ccc(-n2ccnc2)cc1)C1CC1c1ccccc1C(F)(F)F. The molecule has 1 heterocycles. The summed E-state index contributed by atoms with van der Waals surface area (Å²) in [6.07, 6.45) is 1.15. The number of benzene rings is 2. The Morgan fingerprint density at radius 3 is 2.52 bits per heavy atom. The third-order valence-corrected chi connectivity index (χ3v) is 4.73. The number of nitrogens with one attached hydrogen (secondary N) is 1. The van der Waals surface area contributed by atoms with Gasteiger partial charge in [-0.25, -0.2) is 4.98 Å². The van der Waals surface area contributed by atoms with Crippen LogP contribution in [0.2, 0.25) is 0 Å². The molecule has 1 aliphatic rings. The minimum absolute atomic E-state index is 0.195. The van der Waals surface area contributed by atoms with E-state index in [1.807, 2.05) is 16.7 Å². The summed E-state index contributed by atoms with van der Waals surface area (Å²) in [6.45, 7) is 0. The van der Waals surface area contributed by atoms with Crippen molar-refractivity contribution in [2.24, 2.45) is 5.92 Å². The summed E-state index contributed by atoms with van der Waals surface area (Å²) in [5, 5.41) is 2.79. The predicted molar refractivity (Wildman–Crippen MR) is 94.5 cm³/mol. The van der Waals surface area contributed by atoms with E-state index in [1.165, 1.54) is 12.1 Å². The summed E-state index contributed by atoms with van der Waals surface area (Å²) in [5.74, 6) is -1.10. The van der Waals surface area contributed by atoms with Crippen molar-refractivity contribution in [3.63, 3.8) is 0 Å². The van der Waals surface area contributed by atoms with Crippen LogP contribution in [0.5, 0.6) is 0 Å². The molecule has 0 spiro atoms. The number of aromatic nitrogens is 2. The van der Waals surface area contributed by atoms with Crippen LogP contribution in [-0.4, -0.2) is 15.5 Å². The Labute approximate surface area is 153 Å². The van der Waals surface area contributed by atoms with E-state index in [4.69, 9.17) is 0 Å². The molecule has 27 heavy (non-hydrogen) atoms. The Morgan fingerprint density at radius 1 is 1.11 bits per heavy atom. The first-order chi connectivity index (χ1) is 12.9. The lowest BCUT2D eigenvalue weighted by atomic mass is 10.0. The number of carbonyl (C=O) groups excluding carboxylic acids is 1. The monoisotopic (exact) mass is 371 g/mol. The van der Waals surface area contributed by atoms with Gasteiger partial charge in [-0.2, -0.15) is 13.2 Å².